The van der Waals surface area contributed by atoms with Crippen LogP contribution < -0.4 is 11.3 Å². The van der Waals surface area contributed by atoms with Gasteiger partial charge < -0.3 is 4.74 Å². The third-order valence-electron chi connectivity index (χ3n) is 4.74. The molecule has 1 aromatic rings. The van der Waals surface area contributed by atoms with E-state index in [4.69, 9.17) is 10.6 Å². The molecule has 2 unspecified atom stereocenters. The number of halogens is 2. The van der Waals surface area contributed by atoms with Gasteiger partial charge in [-0.25, -0.2) is 0 Å². The molecule has 110 valence electrons. The predicted molar refractivity (Wildman–Crippen MR) is 87.2 cm³/mol. The minimum atomic E-state index is 0.149. The van der Waals surface area contributed by atoms with Crippen LogP contribution in [0.5, 0.6) is 0 Å². The van der Waals surface area contributed by atoms with Crippen molar-refractivity contribution in [2.75, 3.05) is 6.61 Å². The van der Waals surface area contributed by atoms with Gasteiger partial charge in [-0.1, -0.05) is 31.9 Å². The lowest BCUT2D eigenvalue weighted by Crippen LogP contribution is -2.48. The maximum Gasteiger partial charge on any atom is 0.0686 e. The summed E-state index contributed by atoms with van der Waals surface area (Å²) in [4.78, 5) is 0. The summed E-state index contributed by atoms with van der Waals surface area (Å²) in [6.07, 6.45) is 5.89. The van der Waals surface area contributed by atoms with Crippen LogP contribution in [0.25, 0.3) is 0 Å². The molecule has 0 radical (unpaired) electrons. The Balaban J connectivity index is 1.83. The van der Waals surface area contributed by atoms with E-state index in [2.05, 4.69) is 49.4 Å². The van der Waals surface area contributed by atoms with Crippen LogP contribution >= 0.6 is 31.9 Å². The number of hydrogen-bond acceptors (Lipinski definition) is 3. The fraction of sp³-hybridized carbons (Fsp3) is 0.600. The first-order valence-electron chi connectivity index (χ1n) is 7.19. The Labute approximate surface area is 136 Å². The number of rotatable bonds is 3. The van der Waals surface area contributed by atoms with Crippen LogP contribution in [-0.4, -0.2) is 12.2 Å². The number of benzene rings is 1. The molecule has 3 N–H and O–H groups in total. The van der Waals surface area contributed by atoms with Crippen molar-refractivity contribution in [3.05, 3.63) is 32.7 Å². The Hall–Kier alpha value is 0.0600. The van der Waals surface area contributed by atoms with Gasteiger partial charge in [-0.05, 0) is 61.8 Å². The van der Waals surface area contributed by atoms with Crippen molar-refractivity contribution in [3.63, 3.8) is 0 Å². The lowest BCUT2D eigenvalue weighted by Gasteiger charge is -2.48. The maximum absolute atomic E-state index is 6.03. The minimum Gasteiger partial charge on any atom is -0.375 e. The van der Waals surface area contributed by atoms with Gasteiger partial charge in [0.2, 0.25) is 0 Å². The van der Waals surface area contributed by atoms with Gasteiger partial charge in [-0.15, -0.1) is 0 Å². The Morgan fingerprint density at radius 3 is 2.80 bits per heavy atom. The number of hydrazine groups is 1. The third kappa shape index (κ3) is 2.83. The Morgan fingerprint density at radius 2 is 2.15 bits per heavy atom. The van der Waals surface area contributed by atoms with E-state index >= 15 is 0 Å². The van der Waals surface area contributed by atoms with Gasteiger partial charge in [-0.2, -0.15) is 0 Å². The summed E-state index contributed by atoms with van der Waals surface area (Å²) in [5.41, 5.74) is 4.41. The topological polar surface area (TPSA) is 47.3 Å². The molecule has 2 fully saturated rings. The van der Waals surface area contributed by atoms with Gasteiger partial charge in [0.1, 0.15) is 0 Å². The average Bonchev–Trinajstić information content (AvgIpc) is 2.42. The molecule has 20 heavy (non-hydrogen) atoms. The first-order valence-corrected chi connectivity index (χ1v) is 8.77. The highest BCUT2D eigenvalue weighted by molar-refractivity contribution is 9.11. The van der Waals surface area contributed by atoms with Gasteiger partial charge in [0.05, 0.1) is 11.6 Å². The minimum absolute atomic E-state index is 0.149. The molecule has 3 nitrogen and oxygen atoms in total. The largest absolute Gasteiger partial charge is 0.375 e. The Kier molecular flexibility index (Phi) is 4.53. The molecule has 1 heterocycles. The molecule has 1 saturated carbocycles. The van der Waals surface area contributed by atoms with Gasteiger partial charge in [0, 0.05) is 15.6 Å². The van der Waals surface area contributed by atoms with Crippen molar-refractivity contribution < 1.29 is 4.74 Å². The molecule has 1 aliphatic heterocycles. The van der Waals surface area contributed by atoms with E-state index in [1.165, 1.54) is 24.8 Å². The van der Waals surface area contributed by atoms with E-state index in [-0.39, 0.29) is 11.6 Å². The van der Waals surface area contributed by atoms with E-state index < -0.39 is 0 Å². The van der Waals surface area contributed by atoms with Crippen LogP contribution in [0.2, 0.25) is 0 Å². The van der Waals surface area contributed by atoms with Gasteiger partial charge in [0.15, 0.2) is 0 Å². The zero-order valence-corrected chi connectivity index (χ0v) is 14.5. The molecule has 0 amide bonds. The smallest absolute Gasteiger partial charge is 0.0686 e. The summed E-state index contributed by atoms with van der Waals surface area (Å²) >= 11 is 7.20. The zero-order valence-electron chi connectivity index (χ0n) is 11.4. The molecular formula is C15H20Br2N2O. The molecular weight excluding hydrogens is 384 g/mol. The molecule has 0 aromatic heterocycles. The van der Waals surface area contributed by atoms with Crippen molar-refractivity contribution in [3.8, 4) is 0 Å². The quantitative estimate of drug-likeness (QED) is 0.590. The van der Waals surface area contributed by atoms with Gasteiger partial charge in [-0.3, -0.25) is 11.3 Å². The standard InChI is InChI=1S/C15H20Br2N2O/c16-11-2-3-13(17)12(8-11)14(19-18)10-4-7-20-15(9-10)5-1-6-15/h2-3,8,10,14,19H,1,4-7,9,18H2. The summed E-state index contributed by atoms with van der Waals surface area (Å²) in [7, 11) is 0. The van der Waals surface area contributed by atoms with Crippen LogP contribution in [0.15, 0.2) is 27.1 Å². The molecule has 1 saturated heterocycles. The Bertz CT molecular complexity index is 491. The zero-order chi connectivity index (χ0) is 14.2. The highest BCUT2D eigenvalue weighted by Gasteiger charge is 2.44. The molecule has 0 bridgehead atoms. The highest BCUT2D eigenvalue weighted by Crippen LogP contribution is 2.47. The monoisotopic (exact) mass is 402 g/mol. The third-order valence-corrected chi connectivity index (χ3v) is 5.96. The number of hydrogen-bond donors (Lipinski definition) is 2. The van der Waals surface area contributed by atoms with E-state index in [0.29, 0.717) is 5.92 Å². The number of nitrogens with two attached hydrogens (primary N) is 1. The van der Waals surface area contributed by atoms with Crippen LogP contribution in [0.3, 0.4) is 0 Å². The molecule has 3 rings (SSSR count). The fourth-order valence-electron chi connectivity index (χ4n) is 3.50. The lowest BCUT2D eigenvalue weighted by atomic mass is 9.70. The second kappa shape index (κ2) is 6.05. The molecule has 1 spiro atoms. The predicted octanol–water partition coefficient (Wildman–Crippen LogP) is 4.07. The molecule has 1 aromatic carbocycles. The van der Waals surface area contributed by atoms with Crippen molar-refractivity contribution in [1.29, 1.82) is 0 Å². The van der Waals surface area contributed by atoms with Crippen LogP contribution in [-0.2, 0) is 4.74 Å². The summed E-state index contributed by atoms with van der Waals surface area (Å²) in [6, 6.07) is 6.43. The first kappa shape index (κ1) is 15.0. The van der Waals surface area contributed by atoms with Crippen molar-refractivity contribution >= 4 is 31.9 Å². The van der Waals surface area contributed by atoms with Gasteiger partial charge >= 0.3 is 0 Å². The molecule has 1 aliphatic carbocycles. The van der Waals surface area contributed by atoms with Crippen LogP contribution in [0.4, 0.5) is 0 Å². The van der Waals surface area contributed by atoms with E-state index in [1.54, 1.807) is 0 Å². The molecule has 5 heteroatoms. The number of nitrogens with one attached hydrogen (secondary N) is 1. The average molecular weight is 404 g/mol. The van der Waals surface area contributed by atoms with Crippen LogP contribution in [0, 0.1) is 5.92 Å². The lowest BCUT2D eigenvalue weighted by molar-refractivity contribution is -0.147. The Morgan fingerprint density at radius 1 is 1.35 bits per heavy atom. The summed E-state index contributed by atoms with van der Waals surface area (Å²) in [6.45, 7) is 0.856. The maximum atomic E-state index is 6.03. The summed E-state index contributed by atoms with van der Waals surface area (Å²) in [5.74, 6) is 6.40. The fourth-order valence-corrected chi connectivity index (χ4v) is 4.37. The van der Waals surface area contributed by atoms with Crippen molar-refractivity contribution in [2.45, 2.75) is 43.7 Å². The first-order chi connectivity index (χ1) is 9.63. The molecule has 2 atom stereocenters. The SMILES string of the molecule is NNC(c1cc(Br)ccc1Br)C1CCOC2(CCC2)C1. The summed E-state index contributed by atoms with van der Waals surface area (Å²) < 4.78 is 8.22. The summed E-state index contributed by atoms with van der Waals surface area (Å²) in [5, 5.41) is 0. The highest BCUT2D eigenvalue weighted by atomic mass is 79.9. The molecule has 2 aliphatic rings. The second-order valence-electron chi connectivity index (χ2n) is 5.95. The second-order valence-corrected chi connectivity index (χ2v) is 7.72. The van der Waals surface area contributed by atoms with Gasteiger partial charge in [0.25, 0.3) is 0 Å². The van der Waals surface area contributed by atoms with Crippen molar-refractivity contribution in [1.82, 2.24) is 5.43 Å². The number of ether oxygens (including phenoxy) is 1. The van der Waals surface area contributed by atoms with Crippen molar-refractivity contribution in [2.24, 2.45) is 11.8 Å². The van der Waals surface area contributed by atoms with E-state index in [9.17, 15) is 0 Å². The normalized spacial score (nSPS) is 26.2. The van der Waals surface area contributed by atoms with E-state index in [1.807, 2.05) is 6.07 Å². The van der Waals surface area contributed by atoms with Crippen LogP contribution in [0.1, 0.15) is 43.7 Å². The van der Waals surface area contributed by atoms with E-state index in [0.717, 1.165) is 28.4 Å².